The highest BCUT2D eigenvalue weighted by atomic mass is 32.2. The van der Waals surface area contributed by atoms with Gasteiger partial charge in [-0.1, -0.05) is 25.7 Å². The summed E-state index contributed by atoms with van der Waals surface area (Å²) in [6.07, 6.45) is 6.20. The van der Waals surface area contributed by atoms with Crippen LogP contribution in [-0.2, 0) is 9.59 Å². The fraction of sp³-hybridized carbons (Fsp3) is 0.583. The molecule has 174 valence electrons. The number of allylic oxidation sites excluding steroid dienone is 2. The van der Waals surface area contributed by atoms with Crippen molar-refractivity contribution in [1.29, 1.82) is 21.0 Å². The number of nitrogens with one attached hydrogen (secondary N) is 2. The molecule has 10 heteroatoms. The fourth-order valence-electron chi connectivity index (χ4n) is 6.02. The summed E-state index contributed by atoms with van der Waals surface area (Å²) in [5, 5.41) is 45.6. The predicted molar refractivity (Wildman–Crippen MR) is 126 cm³/mol. The third kappa shape index (κ3) is 3.76. The second-order valence-corrected chi connectivity index (χ2v) is 11.4. The molecule has 2 N–H and O–H groups in total. The zero-order chi connectivity index (χ0) is 24.3. The van der Waals surface area contributed by atoms with Crippen molar-refractivity contribution in [2.24, 2.45) is 22.7 Å². The molecule has 0 bridgehead atoms. The smallest absolute Gasteiger partial charge is 0.243 e. The van der Waals surface area contributed by atoms with Crippen LogP contribution in [0.4, 0.5) is 0 Å². The summed E-state index contributed by atoms with van der Waals surface area (Å²) in [7, 11) is 0. The SMILES string of the molecule is N#CC1=C(SCCSC2=C(C#N)C3(CCCC3)[C@@H](C#N)C(=O)N2)NC(=O)[C@@H](C#N)C12CCCC2. The van der Waals surface area contributed by atoms with Crippen molar-refractivity contribution in [2.75, 3.05) is 11.5 Å². The molecule has 2 atom stereocenters. The van der Waals surface area contributed by atoms with E-state index in [0.717, 1.165) is 25.7 Å². The lowest BCUT2D eigenvalue weighted by molar-refractivity contribution is -0.126. The topological polar surface area (TPSA) is 153 Å². The maximum absolute atomic E-state index is 12.6. The zero-order valence-electron chi connectivity index (χ0n) is 18.6. The Morgan fingerprint density at radius 1 is 0.706 bits per heavy atom. The molecular formula is C24H24N6O2S2. The lowest BCUT2D eigenvalue weighted by Gasteiger charge is -2.38. The van der Waals surface area contributed by atoms with E-state index in [0.29, 0.717) is 58.4 Å². The second kappa shape index (κ2) is 9.75. The van der Waals surface area contributed by atoms with Crippen LogP contribution in [-0.4, -0.2) is 23.3 Å². The first-order chi connectivity index (χ1) is 16.5. The Hall–Kier alpha value is -2.92. The number of nitrogens with zero attached hydrogens (tertiary/aromatic N) is 4. The number of hydrogen-bond donors (Lipinski definition) is 2. The Morgan fingerprint density at radius 2 is 1.06 bits per heavy atom. The molecule has 2 aliphatic carbocycles. The highest BCUT2D eigenvalue weighted by Crippen LogP contribution is 2.54. The molecule has 2 aliphatic heterocycles. The van der Waals surface area contributed by atoms with E-state index in [1.54, 1.807) is 0 Å². The van der Waals surface area contributed by atoms with Crippen molar-refractivity contribution >= 4 is 35.3 Å². The minimum atomic E-state index is -0.847. The van der Waals surface area contributed by atoms with Gasteiger partial charge < -0.3 is 10.6 Å². The van der Waals surface area contributed by atoms with Gasteiger partial charge >= 0.3 is 0 Å². The first-order valence-corrected chi connectivity index (χ1v) is 13.4. The van der Waals surface area contributed by atoms with Gasteiger partial charge in [0.1, 0.15) is 11.8 Å². The van der Waals surface area contributed by atoms with Crippen LogP contribution < -0.4 is 10.6 Å². The van der Waals surface area contributed by atoms with Gasteiger partial charge in [0.25, 0.3) is 0 Å². The summed E-state index contributed by atoms with van der Waals surface area (Å²) >= 11 is 2.72. The molecule has 0 saturated heterocycles. The molecule has 4 aliphatic rings. The zero-order valence-corrected chi connectivity index (χ0v) is 20.3. The summed E-state index contributed by atoms with van der Waals surface area (Å²) in [5.74, 6) is -1.33. The van der Waals surface area contributed by atoms with Crippen LogP contribution in [0.3, 0.4) is 0 Å². The summed E-state index contributed by atoms with van der Waals surface area (Å²) in [6, 6.07) is 8.79. The van der Waals surface area contributed by atoms with Crippen molar-refractivity contribution in [2.45, 2.75) is 51.4 Å². The molecule has 0 aromatic carbocycles. The normalized spacial score (nSPS) is 27.1. The van der Waals surface area contributed by atoms with Crippen LogP contribution in [0.15, 0.2) is 21.2 Å². The Bertz CT molecular complexity index is 1040. The molecule has 2 saturated carbocycles. The van der Waals surface area contributed by atoms with E-state index in [1.165, 1.54) is 23.5 Å². The Balaban J connectivity index is 1.51. The van der Waals surface area contributed by atoms with Crippen LogP contribution >= 0.6 is 23.5 Å². The van der Waals surface area contributed by atoms with Crippen molar-refractivity contribution < 1.29 is 9.59 Å². The van der Waals surface area contributed by atoms with Crippen molar-refractivity contribution in [1.82, 2.24) is 10.6 Å². The van der Waals surface area contributed by atoms with Gasteiger partial charge in [-0.25, -0.2) is 0 Å². The second-order valence-electron chi connectivity index (χ2n) is 9.16. The first-order valence-electron chi connectivity index (χ1n) is 11.4. The van der Waals surface area contributed by atoms with E-state index in [2.05, 4.69) is 34.9 Å². The third-order valence-corrected chi connectivity index (χ3v) is 9.87. The van der Waals surface area contributed by atoms with Gasteiger partial charge in [-0.2, -0.15) is 21.0 Å². The number of hydrogen-bond acceptors (Lipinski definition) is 8. The standard InChI is InChI=1S/C24H24N6O2S2/c25-11-15-19(31)29-21(17(13-27)23(15)5-1-2-6-23)33-9-10-34-22-18(14-28)24(7-3-4-8-24)16(12-26)20(32)30-22/h15-16H,1-10H2,(H,29,31)(H,30,32)/t15-,16+. The van der Waals surface area contributed by atoms with E-state index in [1.807, 2.05) is 0 Å². The van der Waals surface area contributed by atoms with Crippen LogP contribution in [0.1, 0.15) is 51.4 Å². The van der Waals surface area contributed by atoms with E-state index in [9.17, 15) is 30.6 Å². The fourth-order valence-corrected chi connectivity index (χ4v) is 8.22. The maximum atomic E-state index is 12.6. The molecule has 0 radical (unpaired) electrons. The van der Waals surface area contributed by atoms with Gasteiger partial charge in [-0.15, -0.1) is 23.5 Å². The van der Waals surface area contributed by atoms with Crippen molar-refractivity contribution in [3.8, 4) is 24.3 Å². The molecule has 2 amide bonds. The lowest BCUT2D eigenvalue weighted by Crippen LogP contribution is -2.46. The molecule has 8 nitrogen and oxygen atoms in total. The van der Waals surface area contributed by atoms with Gasteiger partial charge in [-0.3, -0.25) is 9.59 Å². The van der Waals surface area contributed by atoms with Gasteiger partial charge in [-0.05, 0) is 25.7 Å². The van der Waals surface area contributed by atoms with E-state index >= 15 is 0 Å². The Kier molecular flexibility index (Phi) is 6.94. The number of carbonyl (C=O) groups excluding carboxylic acids is 2. The Morgan fingerprint density at radius 3 is 1.35 bits per heavy atom. The maximum Gasteiger partial charge on any atom is 0.243 e. The number of amides is 2. The molecule has 2 heterocycles. The number of thioether (sulfide) groups is 2. The predicted octanol–water partition coefficient (Wildman–Crippen LogP) is 3.58. The van der Waals surface area contributed by atoms with E-state index < -0.39 is 22.7 Å². The highest BCUT2D eigenvalue weighted by Gasteiger charge is 2.53. The largest absolute Gasteiger partial charge is 0.319 e. The van der Waals surface area contributed by atoms with Gasteiger partial charge in [0, 0.05) is 22.3 Å². The van der Waals surface area contributed by atoms with E-state index in [4.69, 9.17) is 0 Å². The first kappa shape index (κ1) is 24.2. The van der Waals surface area contributed by atoms with Crippen molar-refractivity contribution in [3.05, 3.63) is 21.2 Å². The molecule has 34 heavy (non-hydrogen) atoms. The highest BCUT2D eigenvalue weighted by molar-refractivity contribution is 8.06. The van der Waals surface area contributed by atoms with Crippen LogP contribution in [0.5, 0.6) is 0 Å². The molecule has 0 unspecified atom stereocenters. The molecule has 2 spiro atoms. The minimum Gasteiger partial charge on any atom is -0.319 e. The molecule has 0 aromatic rings. The number of rotatable bonds is 5. The lowest BCUT2D eigenvalue weighted by atomic mass is 9.67. The van der Waals surface area contributed by atoms with Crippen LogP contribution in [0.25, 0.3) is 0 Å². The molecule has 2 fully saturated rings. The molecule has 0 aromatic heterocycles. The van der Waals surface area contributed by atoms with E-state index in [-0.39, 0.29) is 11.8 Å². The van der Waals surface area contributed by atoms with Crippen LogP contribution in [0.2, 0.25) is 0 Å². The third-order valence-electron chi connectivity index (χ3n) is 7.60. The quantitative estimate of drug-likeness (QED) is 0.552. The molecule has 4 rings (SSSR count). The summed E-state index contributed by atoms with van der Waals surface area (Å²) in [6.45, 7) is 0. The van der Waals surface area contributed by atoms with Gasteiger partial charge in [0.05, 0.1) is 45.5 Å². The summed E-state index contributed by atoms with van der Waals surface area (Å²) in [4.78, 5) is 25.3. The van der Waals surface area contributed by atoms with Gasteiger partial charge in [0.15, 0.2) is 0 Å². The van der Waals surface area contributed by atoms with Crippen LogP contribution in [0, 0.1) is 68.0 Å². The van der Waals surface area contributed by atoms with Crippen molar-refractivity contribution in [3.63, 3.8) is 0 Å². The summed E-state index contributed by atoms with van der Waals surface area (Å²) in [5.41, 5.74) is -0.404. The van der Waals surface area contributed by atoms with Gasteiger partial charge in [0.2, 0.25) is 11.8 Å². The number of carbonyl (C=O) groups is 2. The summed E-state index contributed by atoms with van der Waals surface area (Å²) < 4.78 is 0. The average Bonchev–Trinajstić information content (AvgIpc) is 3.49. The molecular weight excluding hydrogens is 468 g/mol. The number of nitriles is 4. The average molecular weight is 493 g/mol. The Labute approximate surface area is 207 Å². The minimum absolute atomic E-state index is 0.349. The monoisotopic (exact) mass is 492 g/mol.